The standard InChI is InChI=1S/C16H12FN3O/c1-21-12-6-7-13-14(8-12)19-20-9-15(18-16(13)20)10-2-4-11(17)5-3-10/h2-9,19H,1H3. The van der Waals surface area contributed by atoms with Gasteiger partial charge in [0.05, 0.1) is 24.5 Å². The van der Waals surface area contributed by atoms with Crippen LogP contribution in [-0.4, -0.2) is 21.7 Å². The van der Waals surface area contributed by atoms with Crippen molar-refractivity contribution >= 4 is 16.6 Å². The van der Waals surface area contributed by atoms with E-state index in [4.69, 9.17) is 4.74 Å². The summed E-state index contributed by atoms with van der Waals surface area (Å²) in [7, 11) is 1.64. The Morgan fingerprint density at radius 2 is 1.95 bits per heavy atom. The molecule has 0 spiro atoms. The molecule has 2 aromatic heterocycles. The SMILES string of the molecule is COc1ccc2c(c1)[nH]n1cc(-c3ccc(F)cc3)nc21. The lowest BCUT2D eigenvalue weighted by molar-refractivity contribution is 0.415. The van der Waals surface area contributed by atoms with Crippen molar-refractivity contribution in [2.24, 2.45) is 0 Å². The number of hydrogen-bond donors (Lipinski definition) is 1. The Kier molecular flexibility index (Phi) is 2.47. The Hall–Kier alpha value is -2.82. The lowest BCUT2D eigenvalue weighted by Gasteiger charge is -1.98. The lowest BCUT2D eigenvalue weighted by Crippen LogP contribution is -1.82. The summed E-state index contributed by atoms with van der Waals surface area (Å²) in [5.41, 5.74) is 3.49. The molecule has 21 heavy (non-hydrogen) atoms. The first-order chi connectivity index (χ1) is 10.2. The van der Waals surface area contributed by atoms with Gasteiger partial charge in [-0.05, 0) is 36.4 Å². The second-order valence-electron chi connectivity index (χ2n) is 4.85. The summed E-state index contributed by atoms with van der Waals surface area (Å²) in [6.45, 7) is 0. The van der Waals surface area contributed by atoms with Gasteiger partial charge in [-0.15, -0.1) is 0 Å². The summed E-state index contributed by atoms with van der Waals surface area (Å²) in [6.07, 6.45) is 1.90. The van der Waals surface area contributed by atoms with Gasteiger partial charge in [0.1, 0.15) is 11.6 Å². The molecule has 0 bridgehead atoms. The number of imidazole rings is 1. The van der Waals surface area contributed by atoms with E-state index >= 15 is 0 Å². The lowest BCUT2D eigenvalue weighted by atomic mass is 10.2. The molecule has 0 saturated carbocycles. The molecule has 0 unspecified atom stereocenters. The minimum Gasteiger partial charge on any atom is -0.497 e. The number of hydrogen-bond acceptors (Lipinski definition) is 2. The number of rotatable bonds is 2. The van der Waals surface area contributed by atoms with E-state index in [-0.39, 0.29) is 5.82 Å². The zero-order valence-corrected chi connectivity index (χ0v) is 11.3. The highest BCUT2D eigenvalue weighted by Crippen LogP contribution is 2.26. The van der Waals surface area contributed by atoms with Crippen molar-refractivity contribution in [2.45, 2.75) is 0 Å². The van der Waals surface area contributed by atoms with E-state index in [1.165, 1.54) is 12.1 Å². The van der Waals surface area contributed by atoms with Crippen LogP contribution in [0, 0.1) is 5.82 Å². The van der Waals surface area contributed by atoms with Crippen LogP contribution in [0.25, 0.3) is 27.8 Å². The average molecular weight is 281 g/mol. The largest absolute Gasteiger partial charge is 0.497 e. The highest BCUT2D eigenvalue weighted by molar-refractivity contribution is 5.93. The van der Waals surface area contributed by atoms with Crippen molar-refractivity contribution in [2.75, 3.05) is 7.11 Å². The fourth-order valence-corrected chi connectivity index (χ4v) is 2.48. The predicted octanol–water partition coefficient (Wildman–Crippen LogP) is 3.63. The van der Waals surface area contributed by atoms with Crippen LogP contribution in [0.3, 0.4) is 0 Å². The first kappa shape index (κ1) is 12.0. The van der Waals surface area contributed by atoms with Gasteiger partial charge in [0.2, 0.25) is 0 Å². The molecule has 4 rings (SSSR count). The van der Waals surface area contributed by atoms with E-state index in [1.807, 2.05) is 28.9 Å². The molecule has 0 radical (unpaired) electrons. The smallest absolute Gasteiger partial charge is 0.161 e. The van der Waals surface area contributed by atoms with Crippen molar-refractivity contribution in [1.82, 2.24) is 14.6 Å². The Bertz CT molecular complexity index is 937. The van der Waals surface area contributed by atoms with Crippen LogP contribution in [0.5, 0.6) is 5.75 Å². The molecular formula is C16H12FN3O. The topological polar surface area (TPSA) is 42.3 Å². The summed E-state index contributed by atoms with van der Waals surface area (Å²) >= 11 is 0. The Balaban J connectivity index is 1.88. The van der Waals surface area contributed by atoms with E-state index in [9.17, 15) is 4.39 Å². The van der Waals surface area contributed by atoms with Gasteiger partial charge < -0.3 is 4.74 Å². The molecule has 4 aromatic rings. The van der Waals surface area contributed by atoms with Crippen LogP contribution in [0.15, 0.2) is 48.7 Å². The predicted molar refractivity (Wildman–Crippen MR) is 79.0 cm³/mol. The average Bonchev–Trinajstić information content (AvgIpc) is 3.04. The number of aromatic nitrogens is 3. The third-order valence-corrected chi connectivity index (χ3v) is 3.55. The number of halogens is 1. The van der Waals surface area contributed by atoms with Gasteiger partial charge >= 0.3 is 0 Å². The molecule has 4 nitrogen and oxygen atoms in total. The molecule has 0 aliphatic carbocycles. The maximum Gasteiger partial charge on any atom is 0.161 e. The number of methoxy groups -OCH3 is 1. The normalized spacial score (nSPS) is 11.3. The molecule has 2 aromatic carbocycles. The number of nitrogens with zero attached hydrogens (tertiary/aromatic N) is 2. The molecule has 0 aliphatic heterocycles. The third-order valence-electron chi connectivity index (χ3n) is 3.55. The van der Waals surface area contributed by atoms with Crippen LogP contribution in [0.4, 0.5) is 4.39 Å². The van der Waals surface area contributed by atoms with Crippen molar-refractivity contribution in [1.29, 1.82) is 0 Å². The van der Waals surface area contributed by atoms with Gasteiger partial charge in [0.15, 0.2) is 5.65 Å². The molecular weight excluding hydrogens is 269 g/mol. The molecule has 104 valence electrons. The van der Waals surface area contributed by atoms with Crippen LogP contribution < -0.4 is 4.74 Å². The molecule has 0 saturated heterocycles. The molecule has 1 N–H and O–H groups in total. The maximum absolute atomic E-state index is 13.0. The quantitative estimate of drug-likeness (QED) is 0.609. The molecule has 2 heterocycles. The van der Waals surface area contributed by atoms with Gasteiger partial charge in [0.25, 0.3) is 0 Å². The number of fused-ring (bicyclic) bond motifs is 3. The Labute approximate surface area is 119 Å². The van der Waals surface area contributed by atoms with Crippen molar-refractivity contribution in [3.8, 4) is 17.0 Å². The van der Waals surface area contributed by atoms with E-state index < -0.39 is 0 Å². The maximum atomic E-state index is 13.0. The fourth-order valence-electron chi connectivity index (χ4n) is 2.48. The van der Waals surface area contributed by atoms with Gasteiger partial charge in [-0.25, -0.2) is 13.9 Å². The van der Waals surface area contributed by atoms with E-state index in [1.54, 1.807) is 19.2 Å². The van der Waals surface area contributed by atoms with Crippen LogP contribution in [-0.2, 0) is 0 Å². The molecule has 0 aliphatic rings. The highest BCUT2D eigenvalue weighted by Gasteiger charge is 2.10. The van der Waals surface area contributed by atoms with Crippen LogP contribution >= 0.6 is 0 Å². The molecule has 0 atom stereocenters. The fraction of sp³-hybridized carbons (Fsp3) is 0.0625. The molecule has 0 fully saturated rings. The first-order valence-electron chi connectivity index (χ1n) is 6.55. The summed E-state index contributed by atoms with van der Waals surface area (Å²) in [5, 5.41) is 4.27. The van der Waals surface area contributed by atoms with E-state index in [0.29, 0.717) is 0 Å². The highest BCUT2D eigenvalue weighted by atomic mass is 19.1. The minimum absolute atomic E-state index is 0.249. The minimum atomic E-state index is -0.249. The number of ether oxygens (including phenoxy) is 1. The zero-order chi connectivity index (χ0) is 14.4. The van der Waals surface area contributed by atoms with Crippen LogP contribution in [0.1, 0.15) is 0 Å². The molecule has 0 amide bonds. The first-order valence-corrected chi connectivity index (χ1v) is 6.55. The second-order valence-corrected chi connectivity index (χ2v) is 4.85. The van der Waals surface area contributed by atoms with Gasteiger partial charge in [-0.3, -0.25) is 5.10 Å². The molecule has 5 heteroatoms. The summed E-state index contributed by atoms with van der Waals surface area (Å²) in [5.74, 6) is 0.548. The van der Waals surface area contributed by atoms with Crippen molar-refractivity contribution in [3.63, 3.8) is 0 Å². The number of aromatic amines is 1. The summed E-state index contributed by atoms with van der Waals surface area (Å²) in [6, 6.07) is 12.1. The van der Waals surface area contributed by atoms with Crippen molar-refractivity contribution < 1.29 is 9.13 Å². The van der Waals surface area contributed by atoms with E-state index in [2.05, 4.69) is 10.1 Å². The Morgan fingerprint density at radius 3 is 2.71 bits per heavy atom. The third kappa shape index (κ3) is 1.86. The number of benzene rings is 2. The Morgan fingerprint density at radius 1 is 1.14 bits per heavy atom. The summed E-state index contributed by atoms with van der Waals surface area (Å²) in [4.78, 5) is 4.62. The second kappa shape index (κ2) is 4.34. The van der Waals surface area contributed by atoms with Crippen molar-refractivity contribution in [3.05, 3.63) is 54.5 Å². The van der Waals surface area contributed by atoms with Gasteiger partial charge in [0, 0.05) is 17.0 Å². The van der Waals surface area contributed by atoms with Crippen LogP contribution in [0.2, 0.25) is 0 Å². The zero-order valence-electron chi connectivity index (χ0n) is 11.3. The number of nitrogens with one attached hydrogen (secondary N) is 1. The summed E-state index contributed by atoms with van der Waals surface area (Å²) < 4.78 is 20.1. The monoisotopic (exact) mass is 281 g/mol. The van der Waals surface area contributed by atoms with E-state index in [0.717, 1.165) is 33.6 Å². The number of H-pyrrole nitrogens is 1. The van der Waals surface area contributed by atoms with Gasteiger partial charge in [-0.1, -0.05) is 0 Å². The van der Waals surface area contributed by atoms with Gasteiger partial charge in [-0.2, -0.15) is 0 Å².